The molecule has 4 heteroatoms. The van der Waals surface area contributed by atoms with Crippen LogP contribution in [0.15, 0.2) is 30.6 Å². The van der Waals surface area contributed by atoms with Crippen molar-refractivity contribution in [3.05, 3.63) is 53.1 Å². The predicted octanol–water partition coefficient (Wildman–Crippen LogP) is 2.27. The molecule has 3 N–H and O–H groups in total. The molecule has 0 aliphatic rings. The third-order valence-corrected chi connectivity index (χ3v) is 3.53. The second-order valence-corrected chi connectivity index (χ2v) is 4.92. The minimum absolute atomic E-state index is 0.0375. The van der Waals surface area contributed by atoms with Crippen LogP contribution in [0.4, 0.5) is 0 Å². The van der Waals surface area contributed by atoms with Gasteiger partial charge >= 0.3 is 0 Å². The molecule has 1 heterocycles. The van der Waals surface area contributed by atoms with Gasteiger partial charge in [-0.2, -0.15) is 0 Å². The maximum absolute atomic E-state index is 5.72. The molecule has 0 aliphatic heterocycles. The quantitative estimate of drug-likeness (QED) is 0.639. The zero-order chi connectivity index (χ0) is 13.8. The first kappa shape index (κ1) is 13.8. The zero-order valence-corrected chi connectivity index (χ0v) is 11.9. The molecule has 102 valence electrons. The van der Waals surface area contributed by atoms with Gasteiger partial charge in [-0.25, -0.2) is 10.4 Å². The molecule has 0 saturated heterocycles. The van der Waals surface area contributed by atoms with Crippen LogP contribution in [0.2, 0.25) is 0 Å². The molecule has 1 aromatic carbocycles. The highest BCUT2D eigenvalue weighted by molar-refractivity contribution is 5.31. The molecule has 2 aromatic rings. The van der Waals surface area contributed by atoms with E-state index in [0.29, 0.717) is 0 Å². The van der Waals surface area contributed by atoms with E-state index in [-0.39, 0.29) is 6.04 Å². The molecule has 0 saturated carbocycles. The first-order chi connectivity index (χ1) is 9.15. The Hall–Kier alpha value is -1.65. The normalized spacial score (nSPS) is 12.6. The van der Waals surface area contributed by atoms with Crippen molar-refractivity contribution >= 4 is 0 Å². The molecule has 1 aromatic heterocycles. The zero-order valence-electron chi connectivity index (χ0n) is 11.9. The van der Waals surface area contributed by atoms with Crippen LogP contribution in [0, 0.1) is 13.8 Å². The molecule has 0 amide bonds. The van der Waals surface area contributed by atoms with Crippen molar-refractivity contribution in [1.29, 1.82) is 0 Å². The molecule has 1 atom stereocenters. The van der Waals surface area contributed by atoms with Gasteiger partial charge in [-0.3, -0.25) is 5.84 Å². The van der Waals surface area contributed by atoms with E-state index in [0.717, 1.165) is 18.8 Å². The van der Waals surface area contributed by atoms with Gasteiger partial charge in [0.1, 0.15) is 5.82 Å². The Morgan fingerprint density at radius 2 is 2.16 bits per heavy atom. The fraction of sp³-hybridized carbons (Fsp3) is 0.400. The van der Waals surface area contributed by atoms with E-state index in [1.165, 1.54) is 16.7 Å². The third-order valence-electron chi connectivity index (χ3n) is 3.53. The molecular weight excluding hydrogens is 236 g/mol. The Morgan fingerprint density at radius 1 is 1.37 bits per heavy atom. The standard InChI is InChI=1S/C15H22N4/c1-4-19-8-7-17-15(19)14(18-16)10-13-9-11(2)5-6-12(13)3/h5-9,14,18H,4,10,16H2,1-3H3. The first-order valence-electron chi connectivity index (χ1n) is 6.69. The fourth-order valence-corrected chi connectivity index (χ4v) is 2.36. The Labute approximate surface area is 114 Å². The van der Waals surface area contributed by atoms with Crippen molar-refractivity contribution in [3.63, 3.8) is 0 Å². The molecule has 0 fully saturated rings. The Balaban J connectivity index is 2.26. The van der Waals surface area contributed by atoms with Crippen LogP contribution in [0.25, 0.3) is 0 Å². The molecule has 19 heavy (non-hydrogen) atoms. The molecule has 2 rings (SSSR count). The summed E-state index contributed by atoms with van der Waals surface area (Å²) in [5.74, 6) is 6.71. The average molecular weight is 258 g/mol. The minimum Gasteiger partial charge on any atom is -0.334 e. The number of benzene rings is 1. The summed E-state index contributed by atoms with van der Waals surface area (Å²) in [5, 5.41) is 0. The number of nitrogens with two attached hydrogens (primary N) is 1. The van der Waals surface area contributed by atoms with Gasteiger partial charge in [0.2, 0.25) is 0 Å². The summed E-state index contributed by atoms with van der Waals surface area (Å²) in [7, 11) is 0. The van der Waals surface area contributed by atoms with E-state index in [2.05, 4.69) is 53.9 Å². The number of aryl methyl sites for hydroxylation is 3. The van der Waals surface area contributed by atoms with E-state index in [4.69, 9.17) is 5.84 Å². The summed E-state index contributed by atoms with van der Waals surface area (Å²) >= 11 is 0. The van der Waals surface area contributed by atoms with Crippen molar-refractivity contribution in [2.24, 2.45) is 5.84 Å². The Kier molecular flexibility index (Phi) is 4.35. The lowest BCUT2D eigenvalue weighted by Gasteiger charge is -2.18. The molecule has 0 radical (unpaired) electrons. The second kappa shape index (κ2) is 5.99. The van der Waals surface area contributed by atoms with Gasteiger partial charge in [0.25, 0.3) is 0 Å². The smallest absolute Gasteiger partial charge is 0.127 e. The number of hydrazine groups is 1. The molecular formula is C15H22N4. The Bertz CT molecular complexity index is 545. The van der Waals surface area contributed by atoms with Crippen molar-refractivity contribution in [3.8, 4) is 0 Å². The largest absolute Gasteiger partial charge is 0.334 e. The van der Waals surface area contributed by atoms with Crippen LogP contribution in [0.3, 0.4) is 0 Å². The van der Waals surface area contributed by atoms with Crippen molar-refractivity contribution < 1.29 is 0 Å². The molecule has 0 bridgehead atoms. The average Bonchev–Trinajstić information content (AvgIpc) is 2.88. The summed E-state index contributed by atoms with van der Waals surface area (Å²) in [6, 6.07) is 6.55. The molecule has 0 spiro atoms. The lowest BCUT2D eigenvalue weighted by atomic mass is 9.99. The van der Waals surface area contributed by atoms with Crippen LogP contribution < -0.4 is 11.3 Å². The van der Waals surface area contributed by atoms with E-state index >= 15 is 0 Å². The van der Waals surface area contributed by atoms with Crippen molar-refractivity contribution in [1.82, 2.24) is 15.0 Å². The number of nitrogens with zero attached hydrogens (tertiary/aromatic N) is 2. The molecule has 4 nitrogen and oxygen atoms in total. The van der Waals surface area contributed by atoms with E-state index in [9.17, 15) is 0 Å². The SMILES string of the molecule is CCn1ccnc1C(Cc1cc(C)ccc1C)NN. The number of hydrogen-bond acceptors (Lipinski definition) is 3. The first-order valence-corrected chi connectivity index (χ1v) is 6.69. The van der Waals surface area contributed by atoms with Crippen LogP contribution in [-0.4, -0.2) is 9.55 Å². The van der Waals surface area contributed by atoms with Crippen LogP contribution in [-0.2, 0) is 13.0 Å². The highest BCUT2D eigenvalue weighted by Crippen LogP contribution is 2.20. The van der Waals surface area contributed by atoms with Gasteiger partial charge in [-0.15, -0.1) is 0 Å². The second-order valence-electron chi connectivity index (χ2n) is 4.92. The minimum atomic E-state index is 0.0375. The van der Waals surface area contributed by atoms with E-state index in [1.54, 1.807) is 0 Å². The van der Waals surface area contributed by atoms with Gasteiger partial charge in [0, 0.05) is 18.9 Å². The third kappa shape index (κ3) is 3.03. The predicted molar refractivity (Wildman–Crippen MR) is 77.6 cm³/mol. The maximum Gasteiger partial charge on any atom is 0.127 e. The highest BCUT2D eigenvalue weighted by Gasteiger charge is 2.16. The lowest BCUT2D eigenvalue weighted by molar-refractivity contribution is 0.495. The van der Waals surface area contributed by atoms with Gasteiger partial charge in [0.15, 0.2) is 0 Å². The van der Waals surface area contributed by atoms with Crippen LogP contribution >= 0.6 is 0 Å². The summed E-state index contributed by atoms with van der Waals surface area (Å²) < 4.78 is 2.12. The highest BCUT2D eigenvalue weighted by atomic mass is 15.3. The summed E-state index contributed by atoms with van der Waals surface area (Å²) in [4.78, 5) is 4.43. The number of imidazole rings is 1. The van der Waals surface area contributed by atoms with E-state index < -0.39 is 0 Å². The van der Waals surface area contributed by atoms with Gasteiger partial charge < -0.3 is 4.57 Å². The van der Waals surface area contributed by atoms with Crippen molar-refractivity contribution in [2.75, 3.05) is 0 Å². The number of rotatable bonds is 5. The number of nitrogens with one attached hydrogen (secondary N) is 1. The maximum atomic E-state index is 5.72. The molecule has 0 aliphatic carbocycles. The van der Waals surface area contributed by atoms with Gasteiger partial charge in [-0.05, 0) is 38.3 Å². The summed E-state index contributed by atoms with van der Waals surface area (Å²) in [6.45, 7) is 7.26. The van der Waals surface area contributed by atoms with Crippen LogP contribution in [0.5, 0.6) is 0 Å². The summed E-state index contributed by atoms with van der Waals surface area (Å²) in [6.07, 6.45) is 4.66. The monoisotopic (exact) mass is 258 g/mol. The topological polar surface area (TPSA) is 55.9 Å². The number of hydrogen-bond donors (Lipinski definition) is 2. The Morgan fingerprint density at radius 3 is 2.84 bits per heavy atom. The summed E-state index contributed by atoms with van der Waals surface area (Å²) in [5.41, 5.74) is 6.77. The van der Waals surface area contributed by atoms with Gasteiger partial charge in [0.05, 0.1) is 6.04 Å². The molecule has 1 unspecified atom stereocenters. The number of aromatic nitrogens is 2. The van der Waals surface area contributed by atoms with Gasteiger partial charge in [-0.1, -0.05) is 23.8 Å². The van der Waals surface area contributed by atoms with E-state index in [1.807, 2.05) is 12.4 Å². The van der Waals surface area contributed by atoms with Crippen LogP contribution in [0.1, 0.15) is 35.5 Å². The fourth-order valence-electron chi connectivity index (χ4n) is 2.36. The van der Waals surface area contributed by atoms with Crippen molar-refractivity contribution in [2.45, 2.75) is 39.8 Å². The lowest BCUT2D eigenvalue weighted by Crippen LogP contribution is -2.32.